The highest BCUT2D eigenvalue weighted by Crippen LogP contribution is 2.30. The van der Waals surface area contributed by atoms with E-state index in [-0.39, 0.29) is 24.7 Å². The molecule has 5 nitrogen and oxygen atoms in total. The molecule has 6 heteroatoms. The molecule has 1 amide bonds. The molecule has 90 valence electrons. The second kappa shape index (κ2) is 4.30. The van der Waals surface area contributed by atoms with Gasteiger partial charge in [-0.25, -0.2) is 0 Å². The van der Waals surface area contributed by atoms with E-state index in [4.69, 9.17) is 0 Å². The molecular formula is C12H9N3O2S. The summed E-state index contributed by atoms with van der Waals surface area (Å²) < 4.78 is 0. The monoisotopic (exact) mass is 259 g/mol. The molecule has 2 aromatic rings. The lowest BCUT2D eigenvalue weighted by Crippen LogP contribution is -2.24. The zero-order valence-corrected chi connectivity index (χ0v) is 10.2. The molecule has 1 fully saturated rings. The summed E-state index contributed by atoms with van der Waals surface area (Å²) in [6, 6.07) is 9.62. The largest absolute Gasteiger partial charge is 0.297 e. The van der Waals surface area contributed by atoms with Gasteiger partial charge in [0.05, 0.1) is 13.0 Å². The molecule has 0 bridgehead atoms. The molecule has 0 radical (unpaired) electrons. The first kappa shape index (κ1) is 11.0. The van der Waals surface area contributed by atoms with Gasteiger partial charge in [0.1, 0.15) is 5.01 Å². The van der Waals surface area contributed by atoms with Gasteiger partial charge < -0.3 is 0 Å². The van der Waals surface area contributed by atoms with Crippen molar-refractivity contribution in [2.24, 2.45) is 0 Å². The third-order valence-corrected chi connectivity index (χ3v) is 3.65. The second-order valence-electron chi connectivity index (χ2n) is 3.95. The Bertz CT molecular complexity index is 609. The fraction of sp³-hybridized carbons (Fsp3) is 0.167. The number of rotatable bonds is 2. The van der Waals surface area contributed by atoms with Crippen LogP contribution in [0.3, 0.4) is 0 Å². The van der Waals surface area contributed by atoms with Gasteiger partial charge in [-0.1, -0.05) is 41.7 Å². The van der Waals surface area contributed by atoms with Gasteiger partial charge in [0.2, 0.25) is 11.0 Å². The Hall–Kier alpha value is -2.08. The van der Waals surface area contributed by atoms with Gasteiger partial charge in [-0.2, -0.15) is 0 Å². The van der Waals surface area contributed by atoms with Crippen LogP contribution in [0, 0.1) is 0 Å². The van der Waals surface area contributed by atoms with Gasteiger partial charge in [0.15, 0.2) is 5.78 Å². The number of benzene rings is 1. The van der Waals surface area contributed by atoms with Crippen LogP contribution in [0.4, 0.5) is 5.13 Å². The molecule has 0 atom stereocenters. The van der Waals surface area contributed by atoms with E-state index in [1.165, 1.54) is 16.2 Å². The maximum absolute atomic E-state index is 11.6. The van der Waals surface area contributed by atoms with Crippen LogP contribution in [0.15, 0.2) is 30.3 Å². The van der Waals surface area contributed by atoms with E-state index < -0.39 is 0 Å². The number of hydrogen-bond donors (Lipinski definition) is 0. The van der Waals surface area contributed by atoms with Crippen molar-refractivity contribution in [3.8, 4) is 10.6 Å². The predicted molar refractivity (Wildman–Crippen MR) is 67.3 cm³/mol. The molecule has 0 saturated carbocycles. The maximum Gasteiger partial charge on any atom is 0.236 e. The Balaban J connectivity index is 1.91. The zero-order chi connectivity index (χ0) is 12.5. The highest BCUT2D eigenvalue weighted by molar-refractivity contribution is 7.18. The molecule has 1 aliphatic rings. The highest BCUT2D eigenvalue weighted by Gasteiger charge is 2.31. The third kappa shape index (κ3) is 1.91. The molecule has 1 saturated heterocycles. The third-order valence-electron chi connectivity index (χ3n) is 2.65. The second-order valence-corrected chi connectivity index (χ2v) is 4.91. The Kier molecular flexibility index (Phi) is 2.64. The summed E-state index contributed by atoms with van der Waals surface area (Å²) in [7, 11) is 0. The normalized spacial score (nSPS) is 15.4. The van der Waals surface area contributed by atoms with Crippen molar-refractivity contribution in [3.63, 3.8) is 0 Å². The summed E-state index contributed by atoms with van der Waals surface area (Å²) in [5, 5.41) is 9.27. The van der Waals surface area contributed by atoms with Crippen molar-refractivity contribution in [2.75, 3.05) is 11.4 Å². The van der Waals surface area contributed by atoms with E-state index in [0.29, 0.717) is 5.13 Å². The SMILES string of the molecule is O=C1CC(=O)N(c2nnc(-c3ccccc3)s2)C1. The van der Waals surface area contributed by atoms with Crippen LogP contribution in [0.1, 0.15) is 6.42 Å². The van der Waals surface area contributed by atoms with E-state index in [2.05, 4.69) is 10.2 Å². The summed E-state index contributed by atoms with van der Waals surface area (Å²) in [5.74, 6) is -0.271. The average Bonchev–Trinajstić information content (AvgIpc) is 2.97. The quantitative estimate of drug-likeness (QED) is 0.767. The topological polar surface area (TPSA) is 63.2 Å². The van der Waals surface area contributed by atoms with Gasteiger partial charge in [-0.15, -0.1) is 10.2 Å². The van der Waals surface area contributed by atoms with Gasteiger partial charge in [0.25, 0.3) is 0 Å². The number of aromatic nitrogens is 2. The van der Waals surface area contributed by atoms with E-state index in [0.717, 1.165) is 10.6 Å². The first-order valence-corrected chi connectivity index (χ1v) is 6.26. The van der Waals surface area contributed by atoms with Gasteiger partial charge in [-0.05, 0) is 0 Å². The first-order chi connectivity index (χ1) is 8.74. The number of carbonyl (C=O) groups is 2. The van der Waals surface area contributed by atoms with Crippen molar-refractivity contribution < 1.29 is 9.59 Å². The van der Waals surface area contributed by atoms with Crippen molar-refractivity contribution in [1.82, 2.24) is 10.2 Å². The van der Waals surface area contributed by atoms with Crippen LogP contribution in [0.25, 0.3) is 10.6 Å². The number of anilines is 1. The lowest BCUT2D eigenvalue weighted by molar-refractivity contribution is -0.121. The van der Waals surface area contributed by atoms with Crippen molar-refractivity contribution in [2.45, 2.75) is 6.42 Å². The Morgan fingerprint density at radius 2 is 1.89 bits per heavy atom. The van der Waals surface area contributed by atoms with Crippen molar-refractivity contribution >= 4 is 28.2 Å². The maximum atomic E-state index is 11.6. The summed E-state index contributed by atoms with van der Waals surface area (Å²) in [6.07, 6.45) is -0.0275. The molecule has 1 aromatic heterocycles. The minimum atomic E-state index is -0.198. The van der Waals surface area contributed by atoms with E-state index in [1.807, 2.05) is 30.3 Å². The zero-order valence-electron chi connectivity index (χ0n) is 9.37. The van der Waals surface area contributed by atoms with Gasteiger partial charge >= 0.3 is 0 Å². The minimum Gasteiger partial charge on any atom is -0.297 e. The number of carbonyl (C=O) groups excluding carboxylic acids is 2. The first-order valence-electron chi connectivity index (χ1n) is 5.45. The van der Waals surface area contributed by atoms with Crippen LogP contribution < -0.4 is 4.90 Å². The Labute approximate surface area is 107 Å². The lowest BCUT2D eigenvalue weighted by atomic mass is 10.2. The minimum absolute atomic E-state index is 0.0275. The fourth-order valence-electron chi connectivity index (χ4n) is 1.78. The molecule has 2 heterocycles. The van der Waals surface area contributed by atoms with E-state index in [1.54, 1.807) is 0 Å². The van der Waals surface area contributed by atoms with Crippen LogP contribution in [-0.4, -0.2) is 28.4 Å². The lowest BCUT2D eigenvalue weighted by Gasteiger charge is -2.07. The van der Waals surface area contributed by atoms with E-state index >= 15 is 0 Å². The highest BCUT2D eigenvalue weighted by atomic mass is 32.1. The van der Waals surface area contributed by atoms with Gasteiger partial charge in [-0.3, -0.25) is 14.5 Å². The Morgan fingerprint density at radius 1 is 1.11 bits per heavy atom. The molecule has 1 aromatic carbocycles. The smallest absolute Gasteiger partial charge is 0.236 e. The van der Waals surface area contributed by atoms with Crippen LogP contribution in [0.2, 0.25) is 0 Å². The van der Waals surface area contributed by atoms with Crippen LogP contribution in [0.5, 0.6) is 0 Å². The summed E-state index contributed by atoms with van der Waals surface area (Å²) in [5.41, 5.74) is 0.958. The van der Waals surface area contributed by atoms with Crippen molar-refractivity contribution in [1.29, 1.82) is 0 Å². The Morgan fingerprint density at radius 3 is 2.56 bits per heavy atom. The summed E-state index contributed by atoms with van der Waals surface area (Å²) in [6.45, 7) is 0.113. The molecule has 0 N–H and O–H groups in total. The number of amides is 1. The number of hydrogen-bond acceptors (Lipinski definition) is 5. The van der Waals surface area contributed by atoms with Gasteiger partial charge in [0, 0.05) is 5.56 Å². The molecule has 0 unspecified atom stereocenters. The summed E-state index contributed by atoms with van der Waals surface area (Å²) in [4.78, 5) is 24.2. The van der Waals surface area contributed by atoms with E-state index in [9.17, 15) is 9.59 Å². The number of ketones is 1. The average molecular weight is 259 g/mol. The summed E-state index contributed by atoms with van der Waals surface area (Å²) >= 11 is 1.32. The standard InChI is InChI=1S/C12H9N3O2S/c16-9-6-10(17)15(7-9)12-14-13-11(18-12)8-4-2-1-3-5-8/h1-5H,6-7H2. The van der Waals surface area contributed by atoms with Crippen LogP contribution in [-0.2, 0) is 9.59 Å². The molecule has 18 heavy (non-hydrogen) atoms. The molecule has 1 aliphatic heterocycles. The fourth-order valence-corrected chi connectivity index (χ4v) is 2.65. The predicted octanol–water partition coefficient (Wildman–Crippen LogP) is 1.51. The molecule has 0 spiro atoms. The molecule has 3 rings (SSSR count). The number of Topliss-reactive ketones (excluding diaryl/α,β-unsaturated/α-hetero) is 1. The molecular weight excluding hydrogens is 250 g/mol. The van der Waals surface area contributed by atoms with Crippen LogP contribution >= 0.6 is 11.3 Å². The number of nitrogens with zero attached hydrogens (tertiary/aromatic N) is 3. The molecule has 0 aliphatic carbocycles. The van der Waals surface area contributed by atoms with Crippen molar-refractivity contribution in [3.05, 3.63) is 30.3 Å².